The molecule has 114 valence electrons. The number of esters is 1. The molecule has 0 fully saturated rings. The molecule has 3 rings (SSSR count). The van der Waals surface area contributed by atoms with E-state index in [0.29, 0.717) is 22.2 Å². The molecule has 0 N–H and O–H groups in total. The van der Waals surface area contributed by atoms with Crippen molar-refractivity contribution in [1.29, 1.82) is 0 Å². The quantitative estimate of drug-likeness (QED) is 0.642. The first kappa shape index (κ1) is 14.3. The highest BCUT2D eigenvalue weighted by atomic mass is 16.6. The van der Waals surface area contributed by atoms with Crippen LogP contribution in [0.1, 0.15) is 25.5 Å². The number of carbonyl (C=O) groups excluding carboxylic acids is 1. The van der Waals surface area contributed by atoms with Crippen LogP contribution < -0.4 is 5.63 Å². The summed E-state index contributed by atoms with van der Waals surface area (Å²) in [5.41, 5.74) is 1.05. The highest BCUT2D eigenvalue weighted by Gasteiger charge is 2.41. The molecule has 1 aliphatic heterocycles. The Kier molecular flexibility index (Phi) is 3.66. The Morgan fingerprint density at radius 2 is 2.14 bits per heavy atom. The summed E-state index contributed by atoms with van der Waals surface area (Å²) in [6, 6.07) is 8.45. The first-order valence-electron chi connectivity index (χ1n) is 7.01. The molecule has 22 heavy (non-hydrogen) atoms. The lowest BCUT2D eigenvalue weighted by Crippen LogP contribution is -2.27. The molecule has 0 aliphatic carbocycles. The summed E-state index contributed by atoms with van der Waals surface area (Å²) in [5.74, 6) is -1.08. The molecule has 1 aliphatic rings. The minimum Gasteiger partial charge on any atom is -0.465 e. The van der Waals surface area contributed by atoms with Gasteiger partial charge in [-0.1, -0.05) is 23.4 Å². The predicted octanol–water partition coefficient (Wildman–Crippen LogP) is 2.42. The van der Waals surface area contributed by atoms with Crippen molar-refractivity contribution in [3.63, 3.8) is 0 Å². The number of hydrogen-bond acceptors (Lipinski definition) is 6. The normalized spacial score (nSPS) is 20.5. The van der Waals surface area contributed by atoms with E-state index in [1.165, 1.54) is 6.07 Å². The van der Waals surface area contributed by atoms with Gasteiger partial charge in [-0.25, -0.2) is 4.79 Å². The lowest BCUT2D eigenvalue weighted by Gasteiger charge is -2.17. The molecule has 2 aromatic rings. The molecular weight excluding hydrogens is 286 g/mol. The second-order valence-corrected chi connectivity index (χ2v) is 5.01. The number of benzene rings is 1. The lowest BCUT2D eigenvalue weighted by atomic mass is 9.91. The van der Waals surface area contributed by atoms with Gasteiger partial charge in [0, 0.05) is 17.0 Å². The zero-order valence-electron chi connectivity index (χ0n) is 12.2. The third-order valence-electron chi connectivity index (χ3n) is 3.59. The van der Waals surface area contributed by atoms with E-state index >= 15 is 0 Å². The van der Waals surface area contributed by atoms with Gasteiger partial charge in [-0.05, 0) is 19.9 Å². The molecule has 6 heteroatoms. The van der Waals surface area contributed by atoms with Crippen LogP contribution in [0.15, 0.2) is 44.7 Å². The maximum atomic E-state index is 12.2. The Labute approximate surface area is 126 Å². The zero-order chi connectivity index (χ0) is 15.7. The summed E-state index contributed by atoms with van der Waals surface area (Å²) in [7, 11) is 0. The van der Waals surface area contributed by atoms with Crippen LogP contribution in [0.4, 0.5) is 0 Å². The van der Waals surface area contributed by atoms with Crippen molar-refractivity contribution in [1.82, 2.24) is 0 Å². The van der Waals surface area contributed by atoms with Gasteiger partial charge >= 0.3 is 11.6 Å². The molecule has 1 aromatic carbocycles. The molecule has 0 bridgehead atoms. The smallest absolute Gasteiger partial charge is 0.336 e. The molecule has 0 radical (unpaired) electrons. The molecule has 0 saturated heterocycles. The Balaban J connectivity index is 2.11. The molecule has 2 heterocycles. The van der Waals surface area contributed by atoms with Gasteiger partial charge in [0.1, 0.15) is 11.5 Å². The van der Waals surface area contributed by atoms with Gasteiger partial charge in [0.05, 0.1) is 12.3 Å². The van der Waals surface area contributed by atoms with Crippen molar-refractivity contribution in [3.05, 3.63) is 46.3 Å². The topological polar surface area (TPSA) is 78.1 Å². The summed E-state index contributed by atoms with van der Waals surface area (Å²) in [6.45, 7) is 3.71. The number of hydrogen-bond donors (Lipinski definition) is 0. The molecule has 0 saturated carbocycles. The van der Waals surface area contributed by atoms with Crippen LogP contribution in [0.5, 0.6) is 0 Å². The van der Waals surface area contributed by atoms with E-state index in [4.69, 9.17) is 14.0 Å². The molecular formula is C16H15NO5. The first-order chi connectivity index (χ1) is 10.6. The van der Waals surface area contributed by atoms with Crippen molar-refractivity contribution >= 4 is 22.7 Å². The fourth-order valence-corrected chi connectivity index (χ4v) is 2.61. The minimum atomic E-state index is -0.687. The van der Waals surface area contributed by atoms with Crippen LogP contribution in [0, 0.1) is 5.92 Å². The van der Waals surface area contributed by atoms with Gasteiger partial charge in [-0.3, -0.25) is 4.79 Å². The number of rotatable bonds is 3. The zero-order valence-corrected chi connectivity index (χ0v) is 12.2. The van der Waals surface area contributed by atoms with Crippen molar-refractivity contribution in [2.45, 2.75) is 20.0 Å². The fourth-order valence-electron chi connectivity index (χ4n) is 2.61. The van der Waals surface area contributed by atoms with Gasteiger partial charge in [-0.2, -0.15) is 0 Å². The van der Waals surface area contributed by atoms with Gasteiger partial charge in [0.2, 0.25) is 0 Å². The Hall–Kier alpha value is -2.63. The maximum absolute atomic E-state index is 12.2. The number of fused-ring (bicyclic) bond motifs is 1. The number of ether oxygens (including phenoxy) is 1. The van der Waals surface area contributed by atoms with Crippen molar-refractivity contribution in [2.24, 2.45) is 11.1 Å². The standard InChI is InChI=1S/C16H15NO5/c1-3-20-16(19)14-9(2)17-22-15(14)11-8-13(18)21-12-7-5-4-6-10(11)12/h4-8,14-15H,3H2,1-2H3/t14-,15+/m1/s1. The Bertz CT molecular complexity index is 808. The highest BCUT2D eigenvalue weighted by Crippen LogP contribution is 2.36. The number of nitrogens with zero attached hydrogens (tertiary/aromatic N) is 1. The minimum absolute atomic E-state index is 0.271. The predicted molar refractivity (Wildman–Crippen MR) is 79.5 cm³/mol. The first-order valence-corrected chi connectivity index (χ1v) is 7.01. The van der Waals surface area contributed by atoms with E-state index in [1.54, 1.807) is 26.0 Å². The van der Waals surface area contributed by atoms with Gasteiger partial charge in [-0.15, -0.1) is 0 Å². The number of para-hydroxylation sites is 1. The van der Waals surface area contributed by atoms with E-state index < -0.39 is 23.6 Å². The van der Waals surface area contributed by atoms with Gasteiger partial charge in [0.15, 0.2) is 6.10 Å². The second kappa shape index (κ2) is 5.63. The summed E-state index contributed by atoms with van der Waals surface area (Å²) in [6.07, 6.45) is -0.687. The second-order valence-electron chi connectivity index (χ2n) is 5.01. The van der Waals surface area contributed by atoms with Crippen molar-refractivity contribution in [2.75, 3.05) is 6.61 Å². The number of oxime groups is 1. The van der Waals surface area contributed by atoms with Crippen LogP contribution in [0.3, 0.4) is 0 Å². The van der Waals surface area contributed by atoms with Crippen LogP contribution >= 0.6 is 0 Å². The molecule has 0 spiro atoms. The van der Waals surface area contributed by atoms with Crippen molar-refractivity contribution < 1.29 is 18.8 Å². The SMILES string of the molecule is CCOC(=O)[C@@H]1C(C)=NO[C@H]1c1cc(=O)oc2ccccc12. The van der Waals surface area contributed by atoms with E-state index in [1.807, 2.05) is 12.1 Å². The van der Waals surface area contributed by atoms with E-state index in [0.717, 1.165) is 0 Å². The number of carbonyl (C=O) groups is 1. The van der Waals surface area contributed by atoms with E-state index in [2.05, 4.69) is 5.16 Å². The third kappa shape index (κ3) is 2.36. The van der Waals surface area contributed by atoms with Crippen LogP contribution in [-0.2, 0) is 14.4 Å². The fraction of sp³-hybridized carbons (Fsp3) is 0.312. The summed E-state index contributed by atoms with van der Waals surface area (Å²) in [5, 5.41) is 4.61. The molecule has 2 atom stereocenters. The molecule has 6 nitrogen and oxygen atoms in total. The van der Waals surface area contributed by atoms with Crippen molar-refractivity contribution in [3.8, 4) is 0 Å². The summed E-state index contributed by atoms with van der Waals surface area (Å²) < 4.78 is 10.3. The Morgan fingerprint density at radius 3 is 2.91 bits per heavy atom. The van der Waals surface area contributed by atoms with E-state index in [-0.39, 0.29) is 6.61 Å². The van der Waals surface area contributed by atoms with Crippen LogP contribution in [0.25, 0.3) is 11.0 Å². The summed E-state index contributed by atoms with van der Waals surface area (Å²) >= 11 is 0. The average molecular weight is 301 g/mol. The molecule has 1 aromatic heterocycles. The van der Waals surface area contributed by atoms with Crippen LogP contribution in [-0.4, -0.2) is 18.3 Å². The average Bonchev–Trinajstić information content (AvgIpc) is 2.88. The van der Waals surface area contributed by atoms with E-state index in [9.17, 15) is 9.59 Å². The van der Waals surface area contributed by atoms with Gasteiger partial charge < -0.3 is 14.0 Å². The highest BCUT2D eigenvalue weighted by molar-refractivity contribution is 6.02. The molecule has 0 unspecified atom stereocenters. The Morgan fingerprint density at radius 1 is 1.36 bits per heavy atom. The van der Waals surface area contributed by atoms with Gasteiger partial charge in [0.25, 0.3) is 0 Å². The monoisotopic (exact) mass is 301 g/mol. The third-order valence-corrected chi connectivity index (χ3v) is 3.59. The summed E-state index contributed by atoms with van der Waals surface area (Å²) in [4.78, 5) is 29.3. The molecule has 0 amide bonds. The van der Waals surface area contributed by atoms with Crippen LogP contribution in [0.2, 0.25) is 0 Å². The lowest BCUT2D eigenvalue weighted by molar-refractivity contribution is -0.148. The maximum Gasteiger partial charge on any atom is 0.336 e. The largest absolute Gasteiger partial charge is 0.465 e.